The highest BCUT2D eigenvalue weighted by Crippen LogP contribution is 2.28. The Hall–Kier alpha value is -3.43. The Morgan fingerprint density at radius 2 is 1.60 bits per heavy atom. The Kier molecular flexibility index (Phi) is 10.2. The lowest BCUT2D eigenvalue weighted by atomic mass is 9.96. The SMILES string of the molecule is NC(=O)CN(CC(=O)CNC(CN1CCCC1)c1ccc(-c2ccccc2C(N)=O)cc1)c1ccc(Cl)c(Cl)c1. The molecule has 1 fully saturated rings. The average molecular weight is 583 g/mol. The van der Waals surface area contributed by atoms with Crippen molar-refractivity contribution in [2.45, 2.75) is 18.9 Å². The summed E-state index contributed by atoms with van der Waals surface area (Å²) in [5.74, 6) is -1.14. The number of ketones is 1. The number of hydrogen-bond acceptors (Lipinski definition) is 6. The van der Waals surface area contributed by atoms with Crippen molar-refractivity contribution >= 4 is 46.5 Å². The van der Waals surface area contributed by atoms with Gasteiger partial charge in [0.15, 0.2) is 5.78 Å². The molecular formula is C30H33Cl2N5O3. The van der Waals surface area contributed by atoms with E-state index in [-0.39, 0.29) is 31.5 Å². The van der Waals surface area contributed by atoms with Gasteiger partial charge >= 0.3 is 0 Å². The highest BCUT2D eigenvalue weighted by molar-refractivity contribution is 6.42. The van der Waals surface area contributed by atoms with Gasteiger partial charge in [-0.15, -0.1) is 0 Å². The van der Waals surface area contributed by atoms with Crippen molar-refractivity contribution in [3.63, 3.8) is 0 Å². The summed E-state index contributed by atoms with van der Waals surface area (Å²) < 4.78 is 0. The van der Waals surface area contributed by atoms with Crippen LogP contribution in [-0.2, 0) is 9.59 Å². The van der Waals surface area contributed by atoms with E-state index >= 15 is 0 Å². The quantitative estimate of drug-likeness (QED) is 0.280. The second-order valence-electron chi connectivity index (χ2n) is 9.93. The van der Waals surface area contributed by atoms with E-state index in [9.17, 15) is 14.4 Å². The maximum absolute atomic E-state index is 13.1. The third-order valence-corrected chi connectivity index (χ3v) is 7.72. The molecule has 2 amide bonds. The molecule has 210 valence electrons. The Bertz CT molecular complexity index is 1360. The molecule has 1 saturated heterocycles. The zero-order valence-electron chi connectivity index (χ0n) is 22.1. The van der Waals surface area contributed by atoms with Crippen LogP contribution in [0.4, 0.5) is 5.69 Å². The number of nitrogens with one attached hydrogen (secondary N) is 1. The monoisotopic (exact) mass is 581 g/mol. The van der Waals surface area contributed by atoms with Gasteiger partial charge in [-0.25, -0.2) is 0 Å². The minimum Gasteiger partial charge on any atom is -0.368 e. The van der Waals surface area contributed by atoms with Crippen LogP contribution in [0.1, 0.15) is 34.8 Å². The molecule has 0 saturated carbocycles. The van der Waals surface area contributed by atoms with Crippen LogP contribution in [0, 0.1) is 0 Å². The molecule has 40 heavy (non-hydrogen) atoms. The number of carbonyl (C=O) groups is 3. The zero-order valence-corrected chi connectivity index (χ0v) is 23.6. The topological polar surface area (TPSA) is 122 Å². The van der Waals surface area contributed by atoms with Crippen LogP contribution in [0.25, 0.3) is 11.1 Å². The van der Waals surface area contributed by atoms with E-state index in [2.05, 4.69) is 10.2 Å². The van der Waals surface area contributed by atoms with Crippen LogP contribution in [0.3, 0.4) is 0 Å². The van der Waals surface area contributed by atoms with Gasteiger partial charge in [0.1, 0.15) is 0 Å². The largest absolute Gasteiger partial charge is 0.368 e. The van der Waals surface area contributed by atoms with Crippen molar-refractivity contribution in [1.82, 2.24) is 10.2 Å². The van der Waals surface area contributed by atoms with Crippen molar-refractivity contribution in [2.24, 2.45) is 11.5 Å². The molecule has 0 radical (unpaired) electrons. The standard InChI is InChI=1S/C30H33Cl2N5O3/c31-26-12-11-22(15-27(26)32)37(19-29(33)39)17-23(38)16-35-28(18-36-13-3-4-14-36)21-9-7-20(8-10-21)24-5-1-2-6-25(24)30(34)40/h1-2,5-12,15,28,35H,3-4,13-14,16-19H2,(H2,33,39)(H2,34,40). The number of amides is 2. The molecule has 4 rings (SSSR count). The molecule has 3 aromatic carbocycles. The van der Waals surface area contributed by atoms with Crippen molar-refractivity contribution < 1.29 is 14.4 Å². The molecule has 1 atom stereocenters. The molecule has 8 nitrogen and oxygen atoms in total. The summed E-state index contributed by atoms with van der Waals surface area (Å²) in [4.78, 5) is 40.7. The van der Waals surface area contributed by atoms with Crippen LogP contribution in [0.5, 0.6) is 0 Å². The summed E-state index contributed by atoms with van der Waals surface area (Å²) in [7, 11) is 0. The lowest BCUT2D eigenvalue weighted by molar-refractivity contribution is -0.117. The molecule has 1 heterocycles. The molecule has 0 aliphatic carbocycles. The second kappa shape index (κ2) is 13.8. The lowest BCUT2D eigenvalue weighted by Gasteiger charge is -2.26. The number of carbonyl (C=O) groups excluding carboxylic acids is 3. The summed E-state index contributed by atoms with van der Waals surface area (Å²) in [6.45, 7) is 2.73. The zero-order chi connectivity index (χ0) is 28.6. The van der Waals surface area contributed by atoms with Gasteiger partial charge in [-0.3, -0.25) is 14.4 Å². The van der Waals surface area contributed by atoms with Crippen molar-refractivity contribution in [1.29, 1.82) is 0 Å². The number of nitrogens with two attached hydrogens (primary N) is 2. The fraction of sp³-hybridized carbons (Fsp3) is 0.300. The highest BCUT2D eigenvalue weighted by atomic mass is 35.5. The second-order valence-corrected chi connectivity index (χ2v) is 10.7. The number of likely N-dealkylation sites (tertiary alicyclic amines) is 1. The predicted molar refractivity (Wildman–Crippen MR) is 160 cm³/mol. The van der Waals surface area contributed by atoms with E-state index < -0.39 is 11.8 Å². The first-order chi connectivity index (χ1) is 19.2. The van der Waals surface area contributed by atoms with Crippen LogP contribution >= 0.6 is 23.2 Å². The summed E-state index contributed by atoms with van der Waals surface area (Å²) in [6.07, 6.45) is 2.31. The summed E-state index contributed by atoms with van der Waals surface area (Å²) in [6, 6.07) is 20.1. The van der Waals surface area contributed by atoms with Crippen LogP contribution < -0.4 is 21.7 Å². The Labute approximate surface area is 244 Å². The first-order valence-electron chi connectivity index (χ1n) is 13.2. The van der Waals surface area contributed by atoms with E-state index in [4.69, 9.17) is 34.7 Å². The van der Waals surface area contributed by atoms with Gasteiger partial charge in [-0.2, -0.15) is 0 Å². The molecule has 5 N–H and O–H groups in total. The third-order valence-electron chi connectivity index (χ3n) is 6.98. The van der Waals surface area contributed by atoms with Gasteiger partial charge in [0.2, 0.25) is 11.8 Å². The van der Waals surface area contributed by atoms with Gasteiger partial charge in [0, 0.05) is 23.8 Å². The van der Waals surface area contributed by atoms with E-state index in [0.717, 1.165) is 49.2 Å². The molecular weight excluding hydrogens is 549 g/mol. The predicted octanol–water partition coefficient (Wildman–Crippen LogP) is 4.05. The van der Waals surface area contributed by atoms with Crippen LogP contribution in [0.15, 0.2) is 66.7 Å². The Balaban J connectivity index is 1.48. The van der Waals surface area contributed by atoms with E-state index in [1.807, 2.05) is 36.4 Å². The number of nitrogens with zero attached hydrogens (tertiary/aromatic N) is 2. The average Bonchev–Trinajstić information content (AvgIpc) is 3.45. The molecule has 1 aliphatic rings. The van der Waals surface area contributed by atoms with Crippen LogP contribution in [-0.4, -0.2) is 61.8 Å². The summed E-state index contributed by atoms with van der Waals surface area (Å²) in [5.41, 5.74) is 14.8. The first kappa shape index (κ1) is 29.6. The van der Waals surface area contributed by atoms with Gasteiger partial charge in [-0.05, 0) is 66.9 Å². The number of halogens is 2. The van der Waals surface area contributed by atoms with Gasteiger partial charge in [-0.1, -0.05) is 65.7 Å². The van der Waals surface area contributed by atoms with Gasteiger partial charge in [0.25, 0.3) is 0 Å². The molecule has 10 heteroatoms. The number of benzene rings is 3. The fourth-order valence-corrected chi connectivity index (χ4v) is 5.26. The first-order valence-corrected chi connectivity index (χ1v) is 13.9. The number of primary amides is 2. The summed E-state index contributed by atoms with van der Waals surface area (Å²) >= 11 is 12.2. The number of rotatable bonds is 13. The molecule has 0 aromatic heterocycles. The van der Waals surface area contributed by atoms with E-state index in [1.54, 1.807) is 35.2 Å². The molecule has 1 unspecified atom stereocenters. The van der Waals surface area contributed by atoms with E-state index in [1.165, 1.54) is 0 Å². The highest BCUT2D eigenvalue weighted by Gasteiger charge is 2.21. The fourth-order valence-electron chi connectivity index (χ4n) is 4.97. The normalized spacial score (nSPS) is 14.2. The minimum absolute atomic E-state index is 0.0207. The summed E-state index contributed by atoms with van der Waals surface area (Å²) in [5, 5.41) is 4.13. The Morgan fingerprint density at radius 3 is 2.25 bits per heavy atom. The maximum Gasteiger partial charge on any atom is 0.249 e. The van der Waals surface area contributed by atoms with Crippen LogP contribution in [0.2, 0.25) is 10.0 Å². The number of Topliss-reactive ketones (excluding diaryl/α,β-unsaturated/α-hetero) is 1. The number of hydrogen-bond donors (Lipinski definition) is 3. The van der Waals surface area contributed by atoms with Gasteiger partial charge in [0.05, 0.1) is 29.7 Å². The minimum atomic E-state index is -0.559. The number of anilines is 1. The Morgan fingerprint density at radius 1 is 0.900 bits per heavy atom. The lowest BCUT2D eigenvalue weighted by Crippen LogP contribution is -2.42. The van der Waals surface area contributed by atoms with Crippen molar-refractivity contribution in [3.8, 4) is 11.1 Å². The molecule has 1 aliphatic heterocycles. The smallest absolute Gasteiger partial charge is 0.249 e. The molecule has 0 spiro atoms. The third kappa shape index (κ3) is 7.82. The molecule has 0 bridgehead atoms. The molecule has 3 aromatic rings. The van der Waals surface area contributed by atoms with Crippen molar-refractivity contribution in [2.75, 3.05) is 44.2 Å². The van der Waals surface area contributed by atoms with E-state index in [0.29, 0.717) is 21.3 Å². The maximum atomic E-state index is 13.1. The van der Waals surface area contributed by atoms with Gasteiger partial charge < -0.3 is 26.6 Å². The van der Waals surface area contributed by atoms with Crippen molar-refractivity contribution in [3.05, 3.63) is 87.9 Å².